The number of hydrogen-bond donors (Lipinski definition) is 0. The lowest BCUT2D eigenvalue weighted by Crippen LogP contribution is -2.01. The Balaban J connectivity index is 2.34. The summed E-state index contributed by atoms with van der Waals surface area (Å²) in [7, 11) is 0. The van der Waals surface area contributed by atoms with Gasteiger partial charge in [-0.05, 0) is 44.4 Å². The molecule has 0 aliphatic rings. The van der Waals surface area contributed by atoms with E-state index < -0.39 is 0 Å². The summed E-state index contributed by atoms with van der Waals surface area (Å²) in [6.45, 7) is 5.26. The number of unbranched alkanes of at least 4 members (excludes halogenated alkanes) is 1. The van der Waals surface area contributed by atoms with Gasteiger partial charge >= 0.3 is 0 Å². The number of halogens is 1. The van der Waals surface area contributed by atoms with E-state index in [-0.39, 0.29) is 0 Å². The predicted octanol–water partition coefficient (Wildman–Crippen LogP) is 3.93. The van der Waals surface area contributed by atoms with E-state index in [0.717, 1.165) is 37.2 Å². The molecule has 0 spiro atoms. The molecule has 1 aromatic heterocycles. The largest absolute Gasteiger partial charge is 0.328 e. The summed E-state index contributed by atoms with van der Waals surface area (Å²) in [6.07, 6.45) is 3.20. The second kappa shape index (κ2) is 5.54. The van der Waals surface area contributed by atoms with Gasteiger partial charge in [-0.1, -0.05) is 6.07 Å². The Morgan fingerprint density at radius 3 is 2.82 bits per heavy atom. The van der Waals surface area contributed by atoms with Crippen LogP contribution in [0.5, 0.6) is 0 Å². The van der Waals surface area contributed by atoms with E-state index in [1.165, 1.54) is 16.9 Å². The molecule has 2 rings (SSSR count). The zero-order valence-corrected chi connectivity index (χ0v) is 11.3. The lowest BCUT2D eigenvalue weighted by Gasteiger charge is -2.05. The Bertz CT molecular complexity index is 502. The Labute approximate surface area is 108 Å². The van der Waals surface area contributed by atoms with E-state index in [1.807, 2.05) is 0 Å². The predicted molar refractivity (Wildman–Crippen MR) is 73.8 cm³/mol. The van der Waals surface area contributed by atoms with Gasteiger partial charge in [0.05, 0.1) is 11.0 Å². The van der Waals surface area contributed by atoms with Crippen LogP contribution in [0.25, 0.3) is 11.0 Å². The Morgan fingerprint density at radius 2 is 2.12 bits per heavy atom. The summed E-state index contributed by atoms with van der Waals surface area (Å²) in [5.74, 6) is 1.93. The number of hydrogen-bond acceptors (Lipinski definition) is 1. The molecular weight excluding hydrogens is 232 g/mol. The monoisotopic (exact) mass is 250 g/mol. The molecule has 0 fully saturated rings. The van der Waals surface area contributed by atoms with Gasteiger partial charge in [-0.2, -0.15) is 0 Å². The minimum Gasteiger partial charge on any atom is -0.328 e. The zero-order chi connectivity index (χ0) is 12.3. The number of aromatic nitrogens is 2. The van der Waals surface area contributed by atoms with Gasteiger partial charge in [0.1, 0.15) is 5.82 Å². The number of nitrogens with zero attached hydrogens (tertiary/aromatic N) is 2. The molecule has 2 nitrogen and oxygen atoms in total. The van der Waals surface area contributed by atoms with Crippen molar-refractivity contribution in [3.05, 3.63) is 29.6 Å². The number of benzene rings is 1. The van der Waals surface area contributed by atoms with Gasteiger partial charge in [0.25, 0.3) is 0 Å². The van der Waals surface area contributed by atoms with Crippen LogP contribution in [0.2, 0.25) is 0 Å². The second-order valence-corrected chi connectivity index (χ2v) is 4.79. The van der Waals surface area contributed by atoms with E-state index >= 15 is 0 Å². The van der Waals surface area contributed by atoms with Crippen LogP contribution in [0.4, 0.5) is 0 Å². The lowest BCUT2D eigenvalue weighted by atomic mass is 10.2. The molecule has 0 saturated carbocycles. The molecule has 0 saturated heterocycles. The van der Waals surface area contributed by atoms with Gasteiger partial charge in [-0.25, -0.2) is 4.98 Å². The molecule has 92 valence electrons. The van der Waals surface area contributed by atoms with Gasteiger partial charge in [-0.3, -0.25) is 0 Å². The number of aryl methyl sites for hydroxylation is 3. The smallest absolute Gasteiger partial charge is 0.109 e. The minimum atomic E-state index is 0.742. The van der Waals surface area contributed by atoms with Crippen molar-refractivity contribution >= 4 is 22.6 Å². The molecule has 0 atom stereocenters. The van der Waals surface area contributed by atoms with Crippen LogP contribution in [-0.4, -0.2) is 15.4 Å². The molecule has 3 heteroatoms. The Kier molecular flexibility index (Phi) is 4.06. The Hall–Kier alpha value is -1.02. The fraction of sp³-hybridized carbons (Fsp3) is 0.500. The number of fused-ring (bicyclic) bond motifs is 1. The molecule has 2 aromatic rings. The molecule has 0 bridgehead atoms. The highest BCUT2D eigenvalue weighted by Crippen LogP contribution is 2.19. The van der Waals surface area contributed by atoms with Gasteiger partial charge in [0.2, 0.25) is 0 Å². The number of rotatable bonds is 5. The van der Waals surface area contributed by atoms with Crippen LogP contribution in [0.15, 0.2) is 18.2 Å². The first-order valence-corrected chi connectivity index (χ1v) is 6.81. The van der Waals surface area contributed by atoms with Crippen molar-refractivity contribution in [2.45, 2.75) is 39.7 Å². The molecule has 0 unspecified atom stereocenters. The summed E-state index contributed by atoms with van der Waals surface area (Å²) in [5, 5.41) is 0. The SMILES string of the molecule is CCn1c(CCCCCl)nc2cc(C)ccc21. The zero-order valence-electron chi connectivity index (χ0n) is 10.5. The van der Waals surface area contributed by atoms with Gasteiger partial charge in [0.15, 0.2) is 0 Å². The summed E-state index contributed by atoms with van der Waals surface area (Å²) < 4.78 is 2.31. The molecule has 0 aliphatic heterocycles. The first-order chi connectivity index (χ1) is 8.26. The van der Waals surface area contributed by atoms with E-state index in [2.05, 4.69) is 36.6 Å². The maximum atomic E-state index is 5.71. The summed E-state index contributed by atoms with van der Waals surface area (Å²) in [4.78, 5) is 4.74. The van der Waals surface area contributed by atoms with E-state index in [4.69, 9.17) is 16.6 Å². The third-order valence-electron chi connectivity index (χ3n) is 3.08. The van der Waals surface area contributed by atoms with Crippen LogP contribution >= 0.6 is 11.6 Å². The van der Waals surface area contributed by atoms with E-state index in [0.29, 0.717) is 0 Å². The van der Waals surface area contributed by atoms with Crippen molar-refractivity contribution in [1.29, 1.82) is 0 Å². The average Bonchev–Trinajstić information content (AvgIpc) is 2.66. The fourth-order valence-electron chi connectivity index (χ4n) is 2.21. The van der Waals surface area contributed by atoms with Crippen molar-refractivity contribution in [1.82, 2.24) is 9.55 Å². The maximum absolute atomic E-state index is 5.71. The third kappa shape index (κ3) is 2.63. The van der Waals surface area contributed by atoms with Crippen molar-refractivity contribution in [2.75, 3.05) is 5.88 Å². The van der Waals surface area contributed by atoms with Crippen molar-refractivity contribution < 1.29 is 0 Å². The third-order valence-corrected chi connectivity index (χ3v) is 3.35. The van der Waals surface area contributed by atoms with Crippen LogP contribution in [-0.2, 0) is 13.0 Å². The van der Waals surface area contributed by atoms with Gasteiger partial charge in [0, 0.05) is 18.8 Å². The molecule has 1 aromatic carbocycles. The number of alkyl halides is 1. The summed E-state index contributed by atoms with van der Waals surface area (Å²) in [6, 6.07) is 6.48. The quantitative estimate of drug-likeness (QED) is 0.581. The molecule has 0 radical (unpaired) electrons. The minimum absolute atomic E-state index is 0.742. The van der Waals surface area contributed by atoms with Crippen molar-refractivity contribution in [3.8, 4) is 0 Å². The highest BCUT2D eigenvalue weighted by atomic mass is 35.5. The highest BCUT2D eigenvalue weighted by Gasteiger charge is 2.08. The molecule has 17 heavy (non-hydrogen) atoms. The summed E-state index contributed by atoms with van der Waals surface area (Å²) in [5.41, 5.74) is 3.64. The van der Waals surface area contributed by atoms with E-state index in [9.17, 15) is 0 Å². The van der Waals surface area contributed by atoms with E-state index in [1.54, 1.807) is 0 Å². The maximum Gasteiger partial charge on any atom is 0.109 e. The van der Waals surface area contributed by atoms with Crippen LogP contribution in [0.3, 0.4) is 0 Å². The fourth-order valence-corrected chi connectivity index (χ4v) is 2.40. The molecule has 0 aliphatic carbocycles. The van der Waals surface area contributed by atoms with Crippen LogP contribution < -0.4 is 0 Å². The highest BCUT2D eigenvalue weighted by molar-refractivity contribution is 6.17. The van der Waals surface area contributed by atoms with Crippen LogP contribution in [0, 0.1) is 6.92 Å². The average molecular weight is 251 g/mol. The normalized spacial score (nSPS) is 11.2. The molecule has 1 heterocycles. The topological polar surface area (TPSA) is 17.8 Å². The molecule has 0 N–H and O–H groups in total. The van der Waals surface area contributed by atoms with Gasteiger partial charge in [-0.15, -0.1) is 11.6 Å². The standard InChI is InChI=1S/C14H19ClN2/c1-3-17-13-8-7-11(2)10-12(13)16-14(17)6-4-5-9-15/h7-8,10H,3-6,9H2,1-2H3. The molecular formula is C14H19ClN2. The van der Waals surface area contributed by atoms with Crippen molar-refractivity contribution in [3.63, 3.8) is 0 Å². The second-order valence-electron chi connectivity index (χ2n) is 4.41. The lowest BCUT2D eigenvalue weighted by molar-refractivity contribution is 0.677. The number of imidazole rings is 1. The van der Waals surface area contributed by atoms with Crippen molar-refractivity contribution in [2.24, 2.45) is 0 Å². The Morgan fingerprint density at radius 1 is 1.29 bits per heavy atom. The first kappa shape index (κ1) is 12.4. The summed E-state index contributed by atoms with van der Waals surface area (Å²) >= 11 is 5.71. The van der Waals surface area contributed by atoms with Gasteiger partial charge < -0.3 is 4.57 Å². The van der Waals surface area contributed by atoms with Crippen LogP contribution in [0.1, 0.15) is 31.2 Å². The first-order valence-electron chi connectivity index (χ1n) is 6.28. The molecule has 0 amide bonds.